The largest absolute Gasteiger partial charge is 0.629 e. The number of hydrogen-bond donors (Lipinski definition) is 2. The highest BCUT2D eigenvalue weighted by Crippen LogP contribution is 2.31. The minimum absolute atomic E-state index is 0.133. The van der Waals surface area contributed by atoms with Gasteiger partial charge in [0, 0.05) is 5.69 Å². The van der Waals surface area contributed by atoms with Crippen molar-refractivity contribution in [2.24, 2.45) is 0 Å². The Balaban J connectivity index is 2.38. The van der Waals surface area contributed by atoms with Gasteiger partial charge in [0.05, 0.1) is 26.1 Å². The zero-order chi connectivity index (χ0) is 18.4. The lowest BCUT2D eigenvalue weighted by molar-refractivity contribution is -0.750. The summed E-state index contributed by atoms with van der Waals surface area (Å²) in [6, 6.07) is 10.9. The molecule has 0 aliphatic carbocycles. The molecule has 2 N–H and O–H groups in total. The third-order valence-electron chi connectivity index (χ3n) is 3.66. The molecule has 0 aliphatic rings. The summed E-state index contributed by atoms with van der Waals surface area (Å²) in [5.41, 5.74) is 2.47. The van der Waals surface area contributed by atoms with Crippen LogP contribution in [0.5, 0.6) is 0 Å². The summed E-state index contributed by atoms with van der Waals surface area (Å²) in [5.74, 6) is -0.315. The Morgan fingerprint density at radius 1 is 1.40 bits per heavy atom. The standard InChI is InChI=1S/C18H22ClN3O3/c1-4-25-16(23)11-14(13-8-6-5-7-9-13)21-15-10-12(2)20-18(19)17(15)22(3)24/h5-10,14,22H,4,11H2,1-3H3,(H,20,21)/t14-/m1/s1. The number of halogens is 1. The molecule has 25 heavy (non-hydrogen) atoms. The number of quaternary nitrogens is 1. The molecule has 1 heterocycles. The Bertz CT molecular complexity index is 723. The summed E-state index contributed by atoms with van der Waals surface area (Å²) in [4.78, 5) is 16.1. The van der Waals surface area contributed by atoms with Crippen molar-refractivity contribution < 1.29 is 14.6 Å². The maximum absolute atomic E-state index is 12.0. The van der Waals surface area contributed by atoms with Gasteiger partial charge in [0.1, 0.15) is 5.69 Å². The normalized spacial score (nSPS) is 13.2. The van der Waals surface area contributed by atoms with E-state index in [1.165, 1.54) is 7.05 Å². The number of carbonyl (C=O) groups excluding carboxylic acids is 1. The van der Waals surface area contributed by atoms with Gasteiger partial charge in [-0.2, -0.15) is 0 Å². The van der Waals surface area contributed by atoms with Gasteiger partial charge in [0.2, 0.25) is 0 Å². The average Bonchev–Trinajstić information content (AvgIpc) is 2.54. The van der Waals surface area contributed by atoms with Crippen LogP contribution in [0.25, 0.3) is 0 Å². The number of nitrogens with zero attached hydrogens (tertiary/aromatic N) is 1. The maximum atomic E-state index is 12.0. The molecule has 0 bridgehead atoms. The summed E-state index contributed by atoms with van der Waals surface area (Å²) in [6.07, 6.45) is 0.133. The second-order valence-electron chi connectivity index (χ2n) is 5.65. The fourth-order valence-corrected chi connectivity index (χ4v) is 2.96. The predicted molar refractivity (Wildman–Crippen MR) is 98.0 cm³/mol. The number of carbonyl (C=O) groups is 1. The molecule has 1 aromatic heterocycles. The van der Waals surface area contributed by atoms with Crippen LogP contribution in [0.3, 0.4) is 0 Å². The number of esters is 1. The van der Waals surface area contributed by atoms with Gasteiger partial charge in [0.25, 0.3) is 0 Å². The molecule has 0 amide bonds. The number of hydroxylamine groups is 1. The molecule has 0 saturated heterocycles. The molecule has 2 atom stereocenters. The van der Waals surface area contributed by atoms with Gasteiger partial charge in [-0.3, -0.25) is 4.79 Å². The van der Waals surface area contributed by atoms with Gasteiger partial charge in [-0.25, -0.2) is 4.98 Å². The van der Waals surface area contributed by atoms with Crippen LogP contribution in [0.1, 0.15) is 30.6 Å². The molecule has 0 spiro atoms. The lowest BCUT2D eigenvalue weighted by Crippen LogP contribution is -2.98. The number of aromatic nitrogens is 1. The SMILES string of the molecule is CCOC(=O)C[C@@H](Nc1cc(C)nc(Cl)c1[NH+](C)[O-])c1ccccc1. The van der Waals surface area contributed by atoms with Crippen molar-refractivity contribution in [3.8, 4) is 0 Å². The van der Waals surface area contributed by atoms with Crippen LogP contribution in [0.15, 0.2) is 36.4 Å². The first-order valence-electron chi connectivity index (χ1n) is 8.07. The Morgan fingerprint density at radius 2 is 2.08 bits per heavy atom. The first-order chi connectivity index (χ1) is 11.9. The van der Waals surface area contributed by atoms with E-state index in [9.17, 15) is 10.0 Å². The molecule has 0 aliphatic heterocycles. The first-order valence-corrected chi connectivity index (χ1v) is 8.45. The highest BCUT2D eigenvalue weighted by Gasteiger charge is 2.21. The minimum Gasteiger partial charge on any atom is -0.629 e. The molecule has 134 valence electrons. The molecule has 1 aromatic carbocycles. The van der Waals surface area contributed by atoms with Crippen molar-refractivity contribution in [1.82, 2.24) is 4.98 Å². The van der Waals surface area contributed by atoms with E-state index in [0.717, 1.165) is 5.56 Å². The van der Waals surface area contributed by atoms with Crippen LogP contribution in [0.4, 0.5) is 11.4 Å². The number of anilines is 1. The average molecular weight is 364 g/mol. The Kier molecular flexibility index (Phi) is 6.75. The highest BCUT2D eigenvalue weighted by molar-refractivity contribution is 6.32. The third kappa shape index (κ3) is 5.16. The molecule has 1 unspecified atom stereocenters. The van der Waals surface area contributed by atoms with E-state index in [-0.39, 0.29) is 28.6 Å². The Labute approximate surface area is 152 Å². The summed E-state index contributed by atoms with van der Waals surface area (Å²) in [6.45, 7) is 3.88. The molecular formula is C18H22ClN3O3. The summed E-state index contributed by atoms with van der Waals surface area (Å²) in [5, 5.41) is 15.2. The number of ether oxygens (including phenoxy) is 1. The van der Waals surface area contributed by atoms with Crippen molar-refractivity contribution in [1.29, 1.82) is 0 Å². The van der Waals surface area contributed by atoms with Crippen LogP contribution >= 0.6 is 11.6 Å². The zero-order valence-electron chi connectivity index (χ0n) is 14.5. The third-order valence-corrected chi connectivity index (χ3v) is 3.94. The van der Waals surface area contributed by atoms with Crippen molar-refractivity contribution in [3.05, 3.63) is 58.0 Å². The van der Waals surface area contributed by atoms with E-state index < -0.39 is 0 Å². The molecule has 7 heteroatoms. The van der Waals surface area contributed by atoms with Gasteiger partial charge in [-0.05, 0) is 25.5 Å². The van der Waals surface area contributed by atoms with Crippen molar-refractivity contribution in [3.63, 3.8) is 0 Å². The summed E-state index contributed by atoms with van der Waals surface area (Å²) in [7, 11) is 1.44. The van der Waals surface area contributed by atoms with E-state index >= 15 is 0 Å². The monoisotopic (exact) mass is 363 g/mol. The van der Waals surface area contributed by atoms with Gasteiger partial charge in [-0.1, -0.05) is 41.9 Å². The number of pyridine rings is 1. The molecule has 0 radical (unpaired) electrons. The van der Waals surface area contributed by atoms with E-state index in [4.69, 9.17) is 16.3 Å². The van der Waals surface area contributed by atoms with Crippen LogP contribution < -0.4 is 10.4 Å². The van der Waals surface area contributed by atoms with E-state index in [1.807, 2.05) is 30.3 Å². The molecule has 0 fully saturated rings. The zero-order valence-corrected chi connectivity index (χ0v) is 15.3. The Hall–Kier alpha value is -2.15. The van der Waals surface area contributed by atoms with Crippen LogP contribution in [-0.2, 0) is 9.53 Å². The first kappa shape index (κ1) is 19.2. The minimum atomic E-state index is -0.351. The Morgan fingerprint density at radius 3 is 2.68 bits per heavy atom. The van der Waals surface area contributed by atoms with E-state index in [0.29, 0.717) is 23.7 Å². The smallest absolute Gasteiger partial charge is 0.308 e. The lowest BCUT2D eigenvalue weighted by Gasteiger charge is -2.25. The van der Waals surface area contributed by atoms with Crippen molar-refractivity contribution in [2.45, 2.75) is 26.3 Å². The summed E-state index contributed by atoms with van der Waals surface area (Å²) >= 11 is 6.15. The molecular weight excluding hydrogens is 342 g/mol. The number of benzene rings is 1. The van der Waals surface area contributed by atoms with E-state index in [1.54, 1.807) is 19.9 Å². The van der Waals surface area contributed by atoms with Gasteiger partial charge >= 0.3 is 5.97 Å². The highest BCUT2D eigenvalue weighted by atomic mass is 35.5. The van der Waals surface area contributed by atoms with Crippen LogP contribution in [-0.4, -0.2) is 24.6 Å². The van der Waals surface area contributed by atoms with E-state index in [2.05, 4.69) is 10.3 Å². The molecule has 2 rings (SSSR count). The van der Waals surface area contributed by atoms with Crippen molar-refractivity contribution >= 4 is 28.9 Å². The van der Waals surface area contributed by atoms with Crippen LogP contribution in [0.2, 0.25) is 5.15 Å². The maximum Gasteiger partial charge on any atom is 0.308 e. The topological polar surface area (TPSA) is 78.7 Å². The lowest BCUT2D eigenvalue weighted by atomic mass is 10.0. The molecule has 0 saturated carbocycles. The quantitative estimate of drug-likeness (QED) is 0.449. The summed E-state index contributed by atoms with van der Waals surface area (Å²) < 4.78 is 5.07. The molecule has 6 nitrogen and oxygen atoms in total. The van der Waals surface area contributed by atoms with Gasteiger partial charge < -0.3 is 20.3 Å². The fourth-order valence-electron chi connectivity index (χ4n) is 2.60. The predicted octanol–water partition coefficient (Wildman–Crippen LogP) is 2.79. The second-order valence-corrected chi connectivity index (χ2v) is 6.01. The van der Waals surface area contributed by atoms with Crippen LogP contribution in [0, 0.1) is 12.1 Å². The van der Waals surface area contributed by atoms with Gasteiger partial charge in [0.15, 0.2) is 10.8 Å². The fraction of sp³-hybridized carbons (Fsp3) is 0.333. The molecule has 2 aromatic rings. The van der Waals surface area contributed by atoms with Gasteiger partial charge in [-0.15, -0.1) is 0 Å². The number of hydrogen-bond acceptors (Lipinski definition) is 5. The second kappa shape index (κ2) is 8.80. The number of rotatable bonds is 7. The number of nitrogens with one attached hydrogen (secondary N) is 2. The van der Waals surface area contributed by atoms with Crippen molar-refractivity contribution in [2.75, 3.05) is 19.0 Å². The number of aryl methyl sites for hydroxylation is 1.